The number of aliphatic hydroxyl groups is 5. The summed E-state index contributed by atoms with van der Waals surface area (Å²) < 4.78 is 11.4. The van der Waals surface area contributed by atoms with E-state index in [1.54, 1.807) is 0 Å². The summed E-state index contributed by atoms with van der Waals surface area (Å²) >= 11 is 0. The molecule has 0 aromatic heterocycles. The molecule has 0 aliphatic carbocycles. The van der Waals surface area contributed by atoms with Crippen LogP contribution in [0.1, 0.15) is 373 Å². The first-order chi connectivity index (χ1) is 39.8. The van der Waals surface area contributed by atoms with Gasteiger partial charge >= 0.3 is 0 Å². The van der Waals surface area contributed by atoms with Crippen molar-refractivity contribution < 1.29 is 39.8 Å². The number of carbonyl (C=O) groups excluding carboxylic acids is 1. The van der Waals surface area contributed by atoms with Gasteiger partial charge in [0, 0.05) is 6.42 Å². The van der Waals surface area contributed by atoms with Gasteiger partial charge in [-0.3, -0.25) is 4.79 Å². The summed E-state index contributed by atoms with van der Waals surface area (Å²) in [5, 5.41) is 55.0. The molecule has 81 heavy (non-hydrogen) atoms. The lowest BCUT2D eigenvalue weighted by atomic mass is 9.99. The fraction of sp³-hybridized carbons (Fsp3) is 0.931. The minimum absolute atomic E-state index is 0.132. The maximum absolute atomic E-state index is 13.2. The molecule has 1 aliphatic rings. The number of rotatable bonds is 64. The summed E-state index contributed by atoms with van der Waals surface area (Å²) in [6.07, 6.45) is 74.0. The van der Waals surface area contributed by atoms with E-state index in [0.717, 1.165) is 44.9 Å². The summed E-state index contributed by atoms with van der Waals surface area (Å²) in [6, 6.07) is -0.718. The van der Waals surface area contributed by atoms with Gasteiger partial charge in [-0.15, -0.1) is 0 Å². The van der Waals surface area contributed by atoms with Gasteiger partial charge in [-0.1, -0.05) is 346 Å². The number of unbranched alkanes of at least 4 members (excludes halogenated alkanes) is 50. The predicted octanol–water partition coefficient (Wildman–Crippen LogP) is 19.6. The van der Waals surface area contributed by atoms with E-state index in [4.69, 9.17) is 9.47 Å². The van der Waals surface area contributed by atoms with Crippen LogP contribution < -0.4 is 5.32 Å². The largest absolute Gasteiger partial charge is 0.394 e. The third-order valence-corrected chi connectivity index (χ3v) is 17.6. The second-order valence-electron chi connectivity index (χ2n) is 25.4. The van der Waals surface area contributed by atoms with Crippen LogP contribution >= 0.6 is 0 Å². The van der Waals surface area contributed by atoms with Crippen molar-refractivity contribution in [2.24, 2.45) is 0 Å². The maximum atomic E-state index is 13.2. The number of nitrogens with one attached hydrogen (secondary N) is 1. The predicted molar refractivity (Wildman–Crippen MR) is 346 cm³/mol. The Bertz CT molecular complexity index is 1330. The molecule has 0 saturated carbocycles. The van der Waals surface area contributed by atoms with Crippen molar-refractivity contribution in [2.45, 2.75) is 416 Å². The van der Waals surface area contributed by atoms with Gasteiger partial charge in [-0.2, -0.15) is 0 Å². The molecule has 0 bridgehead atoms. The van der Waals surface area contributed by atoms with Crippen LogP contribution in [0.3, 0.4) is 0 Å². The zero-order chi connectivity index (χ0) is 58.6. The molecule has 1 saturated heterocycles. The number of hydrogen-bond acceptors (Lipinski definition) is 8. The summed E-state index contributed by atoms with van der Waals surface area (Å²) in [6.45, 7) is 3.89. The van der Waals surface area contributed by atoms with Crippen molar-refractivity contribution in [3.8, 4) is 0 Å². The van der Waals surface area contributed by atoms with Crippen LogP contribution in [0.4, 0.5) is 0 Å². The molecule has 1 aliphatic heterocycles. The Morgan fingerprint density at radius 1 is 0.420 bits per heavy atom. The van der Waals surface area contributed by atoms with Gasteiger partial charge in [-0.05, 0) is 44.9 Å². The number of carbonyl (C=O) groups is 1. The minimum atomic E-state index is -1.55. The molecule has 480 valence electrons. The van der Waals surface area contributed by atoms with Gasteiger partial charge in [0.25, 0.3) is 0 Å². The second-order valence-corrected chi connectivity index (χ2v) is 25.4. The quantitative estimate of drug-likeness (QED) is 0.0261. The van der Waals surface area contributed by atoms with Gasteiger partial charge in [0.1, 0.15) is 24.4 Å². The average Bonchev–Trinajstić information content (AvgIpc) is 3.50. The van der Waals surface area contributed by atoms with E-state index in [9.17, 15) is 30.3 Å². The van der Waals surface area contributed by atoms with E-state index in [2.05, 4.69) is 43.5 Å². The third kappa shape index (κ3) is 50.5. The van der Waals surface area contributed by atoms with Crippen molar-refractivity contribution in [3.63, 3.8) is 0 Å². The van der Waals surface area contributed by atoms with Crippen LogP contribution in [0.5, 0.6) is 0 Å². The van der Waals surface area contributed by atoms with E-state index in [0.29, 0.717) is 12.8 Å². The molecule has 6 N–H and O–H groups in total. The minimum Gasteiger partial charge on any atom is -0.394 e. The molecule has 0 radical (unpaired) electrons. The van der Waals surface area contributed by atoms with Crippen LogP contribution in [0, 0.1) is 0 Å². The number of aliphatic hydroxyl groups excluding tert-OH is 5. The van der Waals surface area contributed by atoms with Gasteiger partial charge in [0.2, 0.25) is 5.91 Å². The van der Waals surface area contributed by atoms with Gasteiger partial charge < -0.3 is 40.3 Å². The van der Waals surface area contributed by atoms with E-state index in [1.165, 1.54) is 302 Å². The summed E-state index contributed by atoms with van der Waals surface area (Å²) in [5.41, 5.74) is 0. The summed E-state index contributed by atoms with van der Waals surface area (Å²) in [5.74, 6) is -0.135. The van der Waals surface area contributed by atoms with Crippen LogP contribution in [-0.2, 0) is 14.3 Å². The van der Waals surface area contributed by atoms with Crippen LogP contribution in [0.25, 0.3) is 0 Å². The van der Waals surface area contributed by atoms with E-state index >= 15 is 0 Å². The molecule has 1 heterocycles. The smallest absolute Gasteiger partial charge is 0.220 e. The topological polar surface area (TPSA) is 149 Å². The van der Waals surface area contributed by atoms with Crippen LogP contribution in [0.15, 0.2) is 24.3 Å². The van der Waals surface area contributed by atoms with Crippen LogP contribution in [-0.4, -0.2) is 87.5 Å². The van der Waals surface area contributed by atoms with E-state index in [1.807, 2.05) is 0 Å². The molecule has 7 unspecified atom stereocenters. The number of ether oxygens (including phenoxy) is 2. The van der Waals surface area contributed by atoms with E-state index < -0.39 is 49.5 Å². The number of hydrogen-bond donors (Lipinski definition) is 6. The van der Waals surface area contributed by atoms with Crippen molar-refractivity contribution in [3.05, 3.63) is 24.3 Å². The Balaban J connectivity index is 2.08. The van der Waals surface area contributed by atoms with Crippen molar-refractivity contribution in [1.82, 2.24) is 5.32 Å². The molecule has 1 fully saturated rings. The first-order valence-corrected chi connectivity index (χ1v) is 36.0. The Labute approximate surface area is 502 Å². The highest BCUT2D eigenvalue weighted by molar-refractivity contribution is 5.76. The fourth-order valence-electron chi connectivity index (χ4n) is 11.9. The van der Waals surface area contributed by atoms with Gasteiger partial charge in [0.15, 0.2) is 6.29 Å². The second kappa shape index (κ2) is 61.7. The zero-order valence-corrected chi connectivity index (χ0v) is 53.8. The average molecular weight is 1150 g/mol. The highest BCUT2D eigenvalue weighted by Gasteiger charge is 2.44. The molecular formula is C72H139NO8. The third-order valence-electron chi connectivity index (χ3n) is 17.6. The Kier molecular flexibility index (Phi) is 59.2. The monoisotopic (exact) mass is 1150 g/mol. The molecule has 1 rings (SSSR count). The van der Waals surface area contributed by atoms with Crippen LogP contribution in [0.2, 0.25) is 0 Å². The van der Waals surface area contributed by atoms with E-state index in [-0.39, 0.29) is 12.5 Å². The SMILES string of the molecule is CCCCCCC/C=C\C/C=C\CCCCCCCCCCCCCCCCCCCCCCCC(=O)NC(COC1OC(CO)C(O)C(O)C1O)C(O)CCCCCCCCCCCCCCCCCCCCCCCCCCC. The normalized spacial score (nSPS) is 18.4. The highest BCUT2D eigenvalue weighted by Crippen LogP contribution is 2.24. The first kappa shape index (κ1) is 77.7. The number of amides is 1. The number of allylic oxidation sites excluding steroid dienone is 4. The Morgan fingerprint density at radius 2 is 0.728 bits per heavy atom. The first-order valence-electron chi connectivity index (χ1n) is 36.0. The lowest BCUT2D eigenvalue weighted by Gasteiger charge is -2.40. The molecule has 7 atom stereocenters. The summed E-state index contributed by atoms with van der Waals surface area (Å²) in [7, 11) is 0. The van der Waals surface area contributed by atoms with Gasteiger partial charge in [0.05, 0.1) is 25.4 Å². The van der Waals surface area contributed by atoms with Crippen molar-refractivity contribution >= 4 is 5.91 Å². The molecule has 0 aromatic carbocycles. The standard InChI is InChI=1S/C72H139NO8/c1-3-5-7-9-11-13-15-17-19-21-23-25-27-29-30-31-32-33-34-35-36-38-40-42-44-46-48-50-52-54-56-58-60-62-68(76)73-65(64-80-72-71(79)70(78)69(77)67(63-74)81-72)66(75)61-59-57-55-53-51-49-47-45-43-41-39-37-28-26-24-22-20-18-16-14-12-10-8-6-4-2/h15,17,21,23,65-67,69-72,74-75,77-79H,3-14,16,18-20,22,24-64H2,1-2H3,(H,73,76)/b17-15-,23-21-. The highest BCUT2D eigenvalue weighted by atomic mass is 16.7. The summed E-state index contributed by atoms with van der Waals surface area (Å²) in [4.78, 5) is 13.2. The molecule has 9 nitrogen and oxygen atoms in total. The molecule has 9 heteroatoms. The molecule has 0 aromatic rings. The maximum Gasteiger partial charge on any atom is 0.220 e. The Morgan fingerprint density at radius 3 is 1.06 bits per heavy atom. The lowest BCUT2D eigenvalue weighted by Crippen LogP contribution is -2.60. The van der Waals surface area contributed by atoms with Gasteiger partial charge in [-0.25, -0.2) is 0 Å². The molecular weight excluding hydrogens is 1010 g/mol. The van der Waals surface area contributed by atoms with Crippen molar-refractivity contribution in [1.29, 1.82) is 0 Å². The fourth-order valence-corrected chi connectivity index (χ4v) is 11.9. The molecule has 1 amide bonds. The zero-order valence-electron chi connectivity index (χ0n) is 53.8. The lowest BCUT2D eigenvalue weighted by molar-refractivity contribution is -0.302. The Hall–Kier alpha value is -1.33. The molecule has 0 spiro atoms. The van der Waals surface area contributed by atoms with Crippen molar-refractivity contribution in [2.75, 3.05) is 13.2 Å².